The number of imidazole rings is 1. The monoisotopic (exact) mass is 343 g/mol. The average Bonchev–Trinajstić information content (AvgIpc) is 3.03. The number of amides is 1. The van der Waals surface area contributed by atoms with Crippen molar-refractivity contribution in [2.24, 2.45) is 0 Å². The van der Waals surface area contributed by atoms with Gasteiger partial charge < -0.3 is 9.88 Å². The minimum absolute atomic E-state index is 0.0884. The number of anilines is 1. The highest BCUT2D eigenvalue weighted by atomic mass is 35.5. The first-order valence-corrected chi connectivity index (χ1v) is 8.91. The summed E-state index contributed by atoms with van der Waals surface area (Å²) >= 11 is 6.18. The zero-order valence-corrected chi connectivity index (χ0v) is 15.1. The van der Waals surface area contributed by atoms with E-state index in [0.29, 0.717) is 6.54 Å². The normalized spacial score (nSPS) is 21.5. The van der Waals surface area contributed by atoms with E-state index in [1.807, 2.05) is 30.0 Å². The third kappa shape index (κ3) is 2.35. The molecule has 0 bridgehead atoms. The van der Waals surface area contributed by atoms with Gasteiger partial charge in [0.1, 0.15) is 5.82 Å². The minimum atomic E-state index is -0.142. The quantitative estimate of drug-likeness (QED) is 0.846. The van der Waals surface area contributed by atoms with Crippen LogP contribution in [-0.4, -0.2) is 22.4 Å². The van der Waals surface area contributed by atoms with Gasteiger partial charge in [-0.3, -0.25) is 4.79 Å². The van der Waals surface area contributed by atoms with E-state index in [4.69, 9.17) is 11.6 Å². The summed E-state index contributed by atoms with van der Waals surface area (Å²) in [5.41, 5.74) is 4.14. The number of H-pyrrole nitrogens is 1. The van der Waals surface area contributed by atoms with E-state index < -0.39 is 0 Å². The van der Waals surface area contributed by atoms with Gasteiger partial charge in [0.15, 0.2) is 0 Å². The molecule has 0 fully saturated rings. The van der Waals surface area contributed by atoms with E-state index in [1.54, 1.807) is 0 Å². The van der Waals surface area contributed by atoms with Gasteiger partial charge in [0.2, 0.25) is 5.91 Å². The first-order valence-electron chi connectivity index (χ1n) is 8.53. The molecule has 1 aromatic heterocycles. The molecule has 2 aliphatic rings. The Morgan fingerprint density at radius 1 is 1.42 bits per heavy atom. The van der Waals surface area contributed by atoms with Gasteiger partial charge in [-0.15, -0.1) is 0 Å². The Morgan fingerprint density at radius 2 is 2.21 bits per heavy atom. The molecule has 1 unspecified atom stereocenters. The Morgan fingerprint density at radius 3 is 3.00 bits per heavy atom. The molecule has 1 aliphatic heterocycles. The van der Waals surface area contributed by atoms with Gasteiger partial charge in [-0.25, -0.2) is 4.98 Å². The number of halogens is 1. The lowest BCUT2D eigenvalue weighted by molar-refractivity contribution is -0.120. The highest BCUT2D eigenvalue weighted by Crippen LogP contribution is 2.44. The second kappa shape index (κ2) is 5.35. The third-order valence-electron chi connectivity index (χ3n) is 5.27. The van der Waals surface area contributed by atoms with Crippen LogP contribution < -0.4 is 4.90 Å². The molecule has 2 heterocycles. The van der Waals surface area contributed by atoms with E-state index in [9.17, 15) is 4.79 Å². The Bertz CT molecular complexity index is 824. The number of aryl methyl sites for hydroxylation is 2. The fourth-order valence-corrected chi connectivity index (χ4v) is 4.31. The standard InChI is InChI=1S/C19H22ClN3O/c1-11-21-15-6-4-5-13(17(15)22-11)18(24)23-10-19(2,3)14-9-12(20)7-8-16(14)23/h7-9,13H,4-6,10H2,1-3H3,(H,21,22). The Labute approximate surface area is 147 Å². The summed E-state index contributed by atoms with van der Waals surface area (Å²) in [5.74, 6) is 0.918. The molecule has 4 rings (SSSR count). The zero-order valence-electron chi connectivity index (χ0n) is 14.3. The molecule has 0 saturated heterocycles. The van der Waals surface area contributed by atoms with E-state index in [1.165, 1.54) is 0 Å². The summed E-state index contributed by atoms with van der Waals surface area (Å²) in [6.07, 6.45) is 2.88. The summed E-state index contributed by atoms with van der Waals surface area (Å²) in [6.45, 7) is 6.98. The molecule has 5 heteroatoms. The number of rotatable bonds is 1. The molecule has 0 saturated carbocycles. The fourth-order valence-electron chi connectivity index (χ4n) is 4.13. The number of hydrogen-bond donors (Lipinski definition) is 1. The van der Waals surface area contributed by atoms with Crippen molar-refractivity contribution in [3.63, 3.8) is 0 Å². The molecule has 0 spiro atoms. The maximum Gasteiger partial charge on any atom is 0.236 e. The van der Waals surface area contributed by atoms with E-state index in [2.05, 4.69) is 23.8 Å². The Kier molecular flexibility index (Phi) is 3.50. The van der Waals surface area contributed by atoms with Gasteiger partial charge in [0.05, 0.1) is 11.6 Å². The lowest BCUT2D eigenvalue weighted by Gasteiger charge is -2.27. The Balaban J connectivity index is 1.72. The number of hydrogen-bond acceptors (Lipinski definition) is 2. The second-order valence-corrected chi connectivity index (χ2v) is 8.04. The van der Waals surface area contributed by atoms with Crippen molar-refractivity contribution < 1.29 is 4.79 Å². The molecule has 1 atom stereocenters. The third-order valence-corrected chi connectivity index (χ3v) is 5.51. The zero-order chi connectivity index (χ0) is 17.1. The van der Waals surface area contributed by atoms with Gasteiger partial charge >= 0.3 is 0 Å². The first kappa shape index (κ1) is 15.7. The molecule has 0 radical (unpaired) electrons. The number of carbonyl (C=O) groups is 1. The van der Waals surface area contributed by atoms with Gasteiger partial charge in [0, 0.05) is 28.4 Å². The van der Waals surface area contributed by atoms with Crippen LogP contribution in [0.1, 0.15) is 55.4 Å². The van der Waals surface area contributed by atoms with Crippen LogP contribution in [0.2, 0.25) is 5.02 Å². The van der Waals surface area contributed by atoms with Crippen LogP contribution in [0.5, 0.6) is 0 Å². The van der Waals surface area contributed by atoms with E-state index >= 15 is 0 Å². The van der Waals surface area contributed by atoms with Crippen molar-refractivity contribution in [3.8, 4) is 0 Å². The molecule has 1 amide bonds. The van der Waals surface area contributed by atoms with Crippen LogP contribution in [0, 0.1) is 6.92 Å². The number of fused-ring (bicyclic) bond motifs is 2. The van der Waals surface area contributed by atoms with Gasteiger partial charge in [-0.05, 0) is 49.9 Å². The number of aromatic amines is 1. The molecule has 4 nitrogen and oxygen atoms in total. The van der Waals surface area contributed by atoms with Crippen LogP contribution in [0.4, 0.5) is 5.69 Å². The van der Waals surface area contributed by atoms with Crippen LogP contribution >= 0.6 is 11.6 Å². The highest BCUT2D eigenvalue weighted by molar-refractivity contribution is 6.30. The summed E-state index contributed by atoms with van der Waals surface area (Å²) in [7, 11) is 0. The fraction of sp³-hybridized carbons (Fsp3) is 0.474. The average molecular weight is 344 g/mol. The van der Waals surface area contributed by atoms with Gasteiger partial charge in [0.25, 0.3) is 0 Å². The topological polar surface area (TPSA) is 49.0 Å². The van der Waals surface area contributed by atoms with E-state index in [0.717, 1.165) is 52.7 Å². The van der Waals surface area contributed by atoms with Crippen molar-refractivity contribution in [2.45, 2.75) is 51.4 Å². The van der Waals surface area contributed by atoms with Crippen molar-refractivity contribution in [1.29, 1.82) is 0 Å². The maximum absolute atomic E-state index is 13.3. The smallest absolute Gasteiger partial charge is 0.236 e. The lowest BCUT2D eigenvalue weighted by atomic mass is 9.87. The number of carbonyl (C=O) groups excluding carboxylic acids is 1. The number of aromatic nitrogens is 2. The van der Waals surface area contributed by atoms with Gasteiger partial charge in [-0.2, -0.15) is 0 Å². The number of nitrogens with zero attached hydrogens (tertiary/aromatic N) is 2. The van der Waals surface area contributed by atoms with Crippen molar-refractivity contribution in [2.75, 3.05) is 11.4 Å². The SMILES string of the molecule is Cc1nc2c([nH]1)CCCC2C(=O)N1CC(C)(C)c2cc(Cl)ccc21. The van der Waals surface area contributed by atoms with Crippen LogP contribution in [0.3, 0.4) is 0 Å². The van der Waals surface area contributed by atoms with Crippen LogP contribution in [0.15, 0.2) is 18.2 Å². The summed E-state index contributed by atoms with van der Waals surface area (Å²) < 4.78 is 0. The Hall–Kier alpha value is -1.81. The molecule has 126 valence electrons. The minimum Gasteiger partial charge on any atom is -0.346 e. The highest BCUT2D eigenvalue weighted by Gasteiger charge is 2.41. The van der Waals surface area contributed by atoms with Gasteiger partial charge in [-0.1, -0.05) is 25.4 Å². The predicted octanol–water partition coefficient (Wildman–Crippen LogP) is 4.12. The molecular formula is C19H22ClN3O. The van der Waals surface area contributed by atoms with Crippen molar-refractivity contribution >= 4 is 23.2 Å². The molecular weight excluding hydrogens is 322 g/mol. The number of nitrogens with one attached hydrogen (secondary N) is 1. The second-order valence-electron chi connectivity index (χ2n) is 7.60. The largest absolute Gasteiger partial charge is 0.346 e. The molecule has 24 heavy (non-hydrogen) atoms. The van der Waals surface area contributed by atoms with E-state index in [-0.39, 0.29) is 17.2 Å². The first-order chi connectivity index (χ1) is 11.4. The van der Waals surface area contributed by atoms with Crippen LogP contribution in [-0.2, 0) is 16.6 Å². The maximum atomic E-state index is 13.3. The predicted molar refractivity (Wildman–Crippen MR) is 95.8 cm³/mol. The summed E-state index contributed by atoms with van der Waals surface area (Å²) in [4.78, 5) is 23.2. The molecule has 1 aliphatic carbocycles. The summed E-state index contributed by atoms with van der Waals surface area (Å²) in [6, 6.07) is 5.84. The number of benzene rings is 1. The van der Waals surface area contributed by atoms with Crippen molar-refractivity contribution in [1.82, 2.24) is 9.97 Å². The lowest BCUT2D eigenvalue weighted by Crippen LogP contribution is -2.38. The molecule has 2 aromatic rings. The molecule has 1 N–H and O–H groups in total. The molecule has 1 aromatic carbocycles. The summed E-state index contributed by atoms with van der Waals surface area (Å²) in [5, 5.41) is 0.721. The van der Waals surface area contributed by atoms with Crippen LogP contribution in [0.25, 0.3) is 0 Å². The van der Waals surface area contributed by atoms with Crippen molar-refractivity contribution in [3.05, 3.63) is 46.0 Å².